The SMILES string of the molecule is O=C(/C=C/c1ccc2c(c1)OCO2)Nc1c2c(nn1-c1ccc(Cl)cc1)CSC2. The molecule has 1 N–H and O–H groups in total. The number of ether oxygens (including phenoxy) is 2. The molecule has 2 aliphatic heterocycles. The fourth-order valence-corrected chi connectivity index (χ4v) is 4.42. The van der Waals surface area contributed by atoms with Crippen LogP contribution in [0.4, 0.5) is 5.82 Å². The molecule has 2 aliphatic rings. The molecular weight excluding hydrogens is 410 g/mol. The lowest BCUT2D eigenvalue weighted by molar-refractivity contribution is -0.111. The molecule has 0 aliphatic carbocycles. The second-order valence-electron chi connectivity index (χ2n) is 6.59. The topological polar surface area (TPSA) is 65.4 Å². The summed E-state index contributed by atoms with van der Waals surface area (Å²) in [4.78, 5) is 12.6. The van der Waals surface area contributed by atoms with E-state index in [-0.39, 0.29) is 12.7 Å². The van der Waals surface area contributed by atoms with Gasteiger partial charge in [-0.2, -0.15) is 16.9 Å². The number of hydrogen-bond donors (Lipinski definition) is 1. The van der Waals surface area contributed by atoms with Gasteiger partial charge in [-0.15, -0.1) is 0 Å². The van der Waals surface area contributed by atoms with E-state index in [1.54, 1.807) is 22.5 Å². The van der Waals surface area contributed by atoms with E-state index in [1.807, 2.05) is 42.5 Å². The van der Waals surface area contributed by atoms with Crippen LogP contribution in [0.25, 0.3) is 11.8 Å². The zero-order valence-electron chi connectivity index (χ0n) is 15.2. The third-order valence-electron chi connectivity index (χ3n) is 4.69. The molecule has 0 saturated carbocycles. The van der Waals surface area contributed by atoms with Gasteiger partial charge in [0.05, 0.1) is 11.4 Å². The Hall–Kier alpha value is -2.90. The molecule has 0 fully saturated rings. The van der Waals surface area contributed by atoms with Crippen LogP contribution in [0, 0.1) is 0 Å². The predicted octanol–water partition coefficient (Wildman–Crippen LogP) is 4.65. The summed E-state index contributed by atoms with van der Waals surface area (Å²) in [5, 5.41) is 8.34. The molecule has 1 amide bonds. The summed E-state index contributed by atoms with van der Waals surface area (Å²) >= 11 is 7.79. The van der Waals surface area contributed by atoms with Crippen molar-refractivity contribution in [3.8, 4) is 17.2 Å². The first-order chi connectivity index (χ1) is 14.2. The molecule has 0 spiro atoms. The van der Waals surface area contributed by atoms with E-state index in [0.717, 1.165) is 34.0 Å². The van der Waals surface area contributed by atoms with Crippen LogP contribution < -0.4 is 14.8 Å². The molecular formula is C21H16ClN3O3S. The fourth-order valence-electron chi connectivity index (χ4n) is 3.26. The Morgan fingerprint density at radius 1 is 1.14 bits per heavy atom. The average Bonchev–Trinajstić information content (AvgIpc) is 3.44. The van der Waals surface area contributed by atoms with Crippen LogP contribution in [0.15, 0.2) is 48.5 Å². The van der Waals surface area contributed by atoms with Crippen LogP contribution in [0.3, 0.4) is 0 Å². The van der Waals surface area contributed by atoms with Gasteiger partial charge in [-0.1, -0.05) is 17.7 Å². The first-order valence-electron chi connectivity index (χ1n) is 9.00. The van der Waals surface area contributed by atoms with E-state index in [4.69, 9.17) is 21.1 Å². The molecule has 2 aromatic carbocycles. The first kappa shape index (κ1) is 18.1. The second-order valence-corrected chi connectivity index (χ2v) is 8.01. The summed E-state index contributed by atoms with van der Waals surface area (Å²) in [6, 6.07) is 12.9. The van der Waals surface area contributed by atoms with Crippen LogP contribution >= 0.6 is 23.4 Å². The van der Waals surface area contributed by atoms with Crippen molar-refractivity contribution >= 4 is 41.2 Å². The van der Waals surface area contributed by atoms with Gasteiger partial charge in [0.15, 0.2) is 11.5 Å². The highest BCUT2D eigenvalue weighted by atomic mass is 35.5. The van der Waals surface area contributed by atoms with Crippen molar-refractivity contribution in [3.63, 3.8) is 0 Å². The van der Waals surface area contributed by atoms with Crippen LogP contribution in [-0.4, -0.2) is 22.5 Å². The predicted molar refractivity (Wildman–Crippen MR) is 114 cm³/mol. The number of thioether (sulfide) groups is 1. The molecule has 0 saturated heterocycles. The van der Waals surface area contributed by atoms with Crippen molar-refractivity contribution in [2.45, 2.75) is 11.5 Å². The molecule has 6 nitrogen and oxygen atoms in total. The van der Waals surface area contributed by atoms with E-state index in [9.17, 15) is 4.79 Å². The maximum atomic E-state index is 12.6. The van der Waals surface area contributed by atoms with E-state index in [1.165, 1.54) is 6.08 Å². The Morgan fingerprint density at radius 2 is 1.97 bits per heavy atom. The summed E-state index contributed by atoms with van der Waals surface area (Å²) in [6.07, 6.45) is 3.25. The van der Waals surface area contributed by atoms with Crippen molar-refractivity contribution < 1.29 is 14.3 Å². The molecule has 5 rings (SSSR count). The van der Waals surface area contributed by atoms with E-state index in [2.05, 4.69) is 10.4 Å². The Balaban J connectivity index is 1.39. The van der Waals surface area contributed by atoms with Crippen molar-refractivity contribution in [1.82, 2.24) is 9.78 Å². The van der Waals surface area contributed by atoms with Gasteiger partial charge in [0, 0.05) is 28.2 Å². The van der Waals surface area contributed by atoms with E-state index in [0.29, 0.717) is 22.3 Å². The number of hydrogen-bond acceptors (Lipinski definition) is 5. The number of fused-ring (bicyclic) bond motifs is 2. The zero-order valence-corrected chi connectivity index (χ0v) is 16.8. The Kier molecular flexibility index (Phi) is 4.69. The fraction of sp³-hybridized carbons (Fsp3) is 0.143. The minimum absolute atomic E-state index is 0.223. The summed E-state index contributed by atoms with van der Waals surface area (Å²) in [6.45, 7) is 0.223. The highest BCUT2D eigenvalue weighted by molar-refractivity contribution is 7.98. The van der Waals surface area contributed by atoms with Gasteiger partial charge in [-0.05, 0) is 48.0 Å². The summed E-state index contributed by atoms with van der Waals surface area (Å²) in [7, 11) is 0. The molecule has 0 bridgehead atoms. The molecule has 1 aromatic heterocycles. The van der Waals surface area contributed by atoms with Gasteiger partial charge in [0.2, 0.25) is 12.7 Å². The smallest absolute Gasteiger partial charge is 0.249 e. The zero-order chi connectivity index (χ0) is 19.8. The molecule has 0 radical (unpaired) electrons. The number of amides is 1. The van der Waals surface area contributed by atoms with Gasteiger partial charge in [-0.3, -0.25) is 4.79 Å². The number of carbonyl (C=O) groups is 1. The molecule has 8 heteroatoms. The molecule has 29 heavy (non-hydrogen) atoms. The Labute approximate surface area is 176 Å². The quantitative estimate of drug-likeness (QED) is 0.616. The number of benzene rings is 2. The third-order valence-corrected chi connectivity index (χ3v) is 5.91. The number of carbonyl (C=O) groups excluding carboxylic acids is 1. The first-order valence-corrected chi connectivity index (χ1v) is 10.5. The highest BCUT2D eigenvalue weighted by Crippen LogP contribution is 2.36. The van der Waals surface area contributed by atoms with E-state index < -0.39 is 0 Å². The lowest BCUT2D eigenvalue weighted by Crippen LogP contribution is -2.13. The number of nitrogens with zero attached hydrogens (tertiary/aromatic N) is 2. The summed E-state index contributed by atoms with van der Waals surface area (Å²) in [5.41, 5.74) is 3.77. The Bertz CT molecular complexity index is 1120. The second kappa shape index (κ2) is 7.50. The van der Waals surface area contributed by atoms with Gasteiger partial charge < -0.3 is 14.8 Å². The van der Waals surface area contributed by atoms with Crippen molar-refractivity contribution in [1.29, 1.82) is 0 Å². The molecule has 3 heterocycles. The van der Waals surface area contributed by atoms with Crippen LogP contribution in [0.5, 0.6) is 11.5 Å². The molecule has 146 valence electrons. The third kappa shape index (κ3) is 3.59. The monoisotopic (exact) mass is 425 g/mol. The van der Waals surface area contributed by atoms with Crippen LogP contribution in [0.2, 0.25) is 5.02 Å². The standard InChI is InChI=1S/C21H16ClN3O3S/c22-14-3-5-15(6-4-14)25-21(16-10-29-11-17(16)24-25)23-20(26)8-2-13-1-7-18-19(9-13)28-12-27-18/h1-9H,10-12H2,(H,23,26)/b8-2+. The number of aromatic nitrogens is 2. The summed E-state index contributed by atoms with van der Waals surface area (Å²) in [5.74, 6) is 3.54. The minimum atomic E-state index is -0.225. The van der Waals surface area contributed by atoms with Crippen LogP contribution in [-0.2, 0) is 16.3 Å². The van der Waals surface area contributed by atoms with Crippen LogP contribution in [0.1, 0.15) is 16.8 Å². The normalized spacial score (nSPS) is 14.4. The number of anilines is 1. The van der Waals surface area contributed by atoms with Gasteiger partial charge in [0.25, 0.3) is 0 Å². The maximum Gasteiger partial charge on any atom is 0.249 e. The van der Waals surface area contributed by atoms with Crippen molar-refractivity contribution in [2.75, 3.05) is 12.1 Å². The average molecular weight is 426 g/mol. The Morgan fingerprint density at radius 3 is 2.83 bits per heavy atom. The van der Waals surface area contributed by atoms with Crippen molar-refractivity contribution in [2.24, 2.45) is 0 Å². The molecule has 3 aromatic rings. The number of halogens is 1. The lowest BCUT2D eigenvalue weighted by atomic mass is 10.2. The summed E-state index contributed by atoms with van der Waals surface area (Å²) < 4.78 is 12.5. The highest BCUT2D eigenvalue weighted by Gasteiger charge is 2.24. The van der Waals surface area contributed by atoms with E-state index >= 15 is 0 Å². The number of nitrogens with one attached hydrogen (secondary N) is 1. The maximum absolute atomic E-state index is 12.6. The van der Waals surface area contributed by atoms with Gasteiger partial charge in [-0.25, -0.2) is 4.68 Å². The lowest BCUT2D eigenvalue weighted by Gasteiger charge is -2.10. The van der Waals surface area contributed by atoms with Gasteiger partial charge >= 0.3 is 0 Å². The minimum Gasteiger partial charge on any atom is -0.454 e. The largest absolute Gasteiger partial charge is 0.454 e. The van der Waals surface area contributed by atoms with Crippen molar-refractivity contribution in [3.05, 3.63) is 70.4 Å². The number of rotatable bonds is 4. The molecule has 0 unspecified atom stereocenters. The van der Waals surface area contributed by atoms with Gasteiger partial charge in [0.1, 0.15) is 5.82 Å². The molecule has 0 atom stereocenters.